The van der Waals surface area contributed by atoms with Gasteiger partial charge in [-0.15, -0.1) is 0 Å². The number of carbonyl (C=O) groups is 4. The zero-order valence-corrected chi connectivity index (χ0v) is 19.9. The van der Waals surface area contributed by atoms with E-state index in [-0.39, 0.29) is 5.91 Å². The smallest absolute Gasteiger partial charge is 0.325 e. The van der Waals surface area contributed by atoms with Gasteiger partial charge in [0.25, 0.3) is 11.8 Å². The number of methoxy groups -OCH3 is 1. The minimum Gasteiger partial charge on any atom is -0.497 e. The van der Waals surface area contributed by atoms with E-state index in [4.69, 9.17) is 4.74 Å². The standard InChI is InChI=1S/C25H30N4O5/c1-5-25(18-10-14-20(34-4)15-11-18)23(32)29(24(33)27-25)16-21(30)26-19-12-8-17(9-13-19)22(31)28(6-2)7-3/h8-15H,5-7,16H2,1-4H3,(H,26,30)(H,27,33)/t25-/m0/s1. The van der Waals surface area contributed by atoms with E-state index in [1.165, 1.54) is 0 Å². The molecule has 34 heavy (non-hydrogen) atoms. The molecule has 0 aromatic heterocycles. The quantitative estimate of drug-likeness (QED) is 0.553. The van der Waals surface area contributed by atoms with Crippen molar-refractivity contribution >= 4 is 29.4 Å². The van der Waals surface area contributed by atoms with Crippen molar-refractivity contribution in [3.8, 4) is 5.75 Å². The van der Waals surface area contributed by atoms with Gasteiger partial charge in [-0.25, -0.2) is 4.79 Å². The Morgan fingerprint density at radius 3 is 2.15 bits per heavy atom. The van der Waals surface area contributed by atoms with E-state index < -0.39 is 29.9 Å². The van der Waals surface area contributed by atoms with Gasteiger partial charge in [-0.1, -0.05) is 19.1 Å². The van der Waals surface area contributed by atoms with Gasteiger partial charge in [0.2, 0.25) is 5.91 Å². The highest BCUT2D eigenvalue weighted by atomic mass is 16.5. The van der Waals surface area contributed by atoms with Crippen LogP contribution in [0.25, 0.3) is 0 Å². The maximum Gasteiger partial charge on any atom is 0.325 e. The molecule has 0 bridgehead atoms. The van der Waals surface area contributed by atoms with Gasteiger partial charge in [-0.05, 0) is 62.2 Å². The average molecular weight is 467 g/mol. The van der Waals surface area contributed by atoms with Crippen LogP contribution in [0.15, 0.2) is 48.5 Å². The second-order valence-corrected chi connectivity index (χ2v) is 7.91. The fourth-order valence-electron chi connectivity index (χ4n) is 4.02. The summed E-state index contributed by atoms with van der Waals surface area (Å²) in [5.74, 6) is -0.460. The molecular weight excluding hydrogens is 436 g/mol. The molecule has 0 unspecified atom stereocenters. The zero-order chi connectivity index (χ0) is 24.9. The summed E-state index contributed by atoms with van der Waals surface area (Å²) in [6.45, 7) is 6.40. The van der Waals surface area contributed by atoms with Crippen LogP contribution in [0, 0.1) is 0 Å². The lowest BCUT2D eigenvalue weighted by molar-refractivity contribution is -0.134. The van der Waals surface area contributed by atoms with Crippen molar-refractivity contribution in [3.63, 3.8) is 0 Å². The van der Waals surface area contributed by atoms with Crippen molar-refractivity contribution in [1.29, 1.82) is 0 Å². The second-order valence-electron chi connectivity index (χ2n) is 7.91. The van der Waals surface area contributed by atoms with E-state index >= 15 is 0 Å². The van der Waals surface area contributed by atoms with Crippen molar-refractivity contribution in [2.75, 3.05) is 32.1 Å². The maximum absolute atomic E-state index is 13.2. The highest BCUT2D eigenvalue weighted by Crippen LogP contribution is 2.33. The number of hydrogen-bond acceptors (Lipinski definition) is 5. The van der Waals surface area contributed by atoms with E-state index in [1.807, 2.05) is 13.8 Å². The van der Waals surface area contributed by atoms with E-state index in [0.29, 0.717) is 42.1 Å². The maximum atomic E-state index is 13.2. The van der Waals surface area contributed by atoms with Gasteiger partial charge in [-0.2, -0.15) is 0 Å². The van der Waals surface area contributed by atoms with Crippen LogP contribution in [-0.4, -0.2) is 60.3 Å². The number of benzene rings is 2. The largest absolute Gasteiger partial charge is 0.497 e. The third-order valence-corrected chi connectivity index (χ3v) is 6.06. The number of hydrogen-bond donors (Lipinski definition) is 2. The topological polar surface area (TPSA) is 108 Å². The fourth-order valence-corrected chi connectivity index (χ4v) is 4.02. The van der Waals surface area contributed by atoms with Gasteiger partial charge >= 0.3 is 6.03 Å². The van der Waals surface area contributed by atoms with Crippen molar-refractivity contribution in [2.45, 2.75) is 32.7 Å². The van der Waals surface area contributed by atoms with Crippen molar-refractivity contribution in [2.24, 2.45) is 0 Å². The van der Waals surface area contributed by atoms with Crippen molar-refractivity contribution in [3.05, 3.63) is 59.7 Å². The van der Waals surface area contributed by atoms with Crippen molar-refractivity contribution < 1.29 is 23.9 Å². The molecule has 0 spiro atoms. The lowest BCUT2D eigenvalue weighted by Crippen LogP contribution is -2.44. The molecule has 0 aliphatic carbocycles. The summed E-state index contributed by atoms with van der Waals surface area (Å²) < 4.78 is 5.16. The Labute approximate surface area is 199 Å². The first kappa shape index (κ1) is 24.8. The number of urea groups is 1. The molecule has 180 valence electrons. The highest BCUT2D eigenvalue weighted by Gasteiger charge is 2.51. The molecule has 1 fully saturated rings. The van der Waals surface area contributed by atoms with Crippen LogP contribution in [0.5, 0.6) is 5.75 Å². The summed E-state index contributed by atoms with van der Waals surface area (Å²) in [4.78, 5) is 53.5. The summed E-state index contributed by atoms with van der Waals surface area (Å²) in [6.07, 6.45) is 0.323. The molecular formula is C25H30N4O5. The molecule has 2 aromatic rings. The van der Waals surface area contributed by atoms with Crippen LogP contribution in [0.4, 0.5) is 10.5 Å². The lowest BCUT2D eigenvalue weighted by Gasteiger charge is -2.26. The first-order chi connectivity index (χ1) is 16.3. The van der Waals surface area contributed by atoms with Gasteiger partial charge in [-0.3, -0.25) is 19.3 Å². The highest BCUT2D eigenvalue weighted by molar-refractivity contribution is 6.10. The first-order valence-corrected chi connectivity index (χ1v) is 11.3. The van der Waals surface area contributed by atoms with Gasteiger partial charge < -0.3 is 20.3 Å². The van der Waals surface area contributed by atoms with Crippen LogP contribution in [0.2, 0.25) is 0 Å². The third kappa shape index (κ3) is 4.73. The fraction of sp³-hybridized carbons (Fsp3) is 0.360. The molecule has 9 nitrogen and oxygen atoms in total. The van der Waals surface area contributed by atoms with Gasteiger partial charge in [0.1, 0.15) is 17.8 Å². The molecule has 3 rings (SSSR count). The summed E-state index contributed by atoms with van der Waals surface area (Å²) in [6, 6.07) is 12.8. The third-order valence-electron chi connectivity index (χ3n) is 6.06. The number of anilines is 1. The second kappa shape index (κ2) is 10.4. The Balaban J connectivity index is 1.69. The minimum absolute atomic E-state index is 0.0864. The van der Waals surface area contributed by atoms with E-state index in [2.05, 4.69) is 10.6 Å². The Kier molecular flexibility index (Phi) is 7.55. The van der Waals surface area contributed by atoms with Gasteiger partial charge in [0, 0.05) is 24.3 Å². The Hall–Kier alpha value is -3.88. The molecule has 0 radical (unpaired) electrons. The van der Waals surface area contributed by atoms with Crippen LogP contribution in [-0.2, 0) is 15.1 Å². The van der Waals surface area contributed by atoms with E-state index in [1.54, 1.807) is 67.5 Å². The zero-order valence-electron chi connectivity index (χ0n) is 19.9. The molecule has 1 aliphatic rings. The molecule has 1 saturated heterocycles. The molecule has 5 amide bonds. The van der Waals surface area contributed by atoms with E-state index in [0.717, 1.165) is 4.90 Å². The van der Waals surface area contributed by atoms with Crippen LogP contribution in [0.3, 0.4) is 0 Å². The monoisotopic (exact) mass is 466 g/mol. The molecule has 0 saturated carbocycles. The average Bonchev–Trinajstić information content (AvgIpc) is 3.10. The van der Waals surface area contributed by atoms with Crippen LogP contribution < -0.4 is 15.4 Å². The Morgan fingerprint density at radius 1 is 1.00 bits per heavy atom. The molecule has 2 aromatic carbocycles. The normalized spacial score (nSPS) is 17.4. The number of ether oxygens (including phenoxy) is 1. The SMILES string of the molecule is CCN(CC)C(=O)c1ccc(NC(=O)CN2C(=O)N[C@@](CC)(c3ccc(OC)cc3)C2=O)cc1. The number of nitrogens with zero attached hydrogens (tertiary/aromatic N) is 2. The van der Waals surface area contributed by atoms with Crippen LogP contribution in [0.1, 0.15) is 43.1 Å². The number of rotatable bonds is 9. The predicted molar refractivity (Wildman–Crippen MR) is 128 cm³/mol. The lowest BCUT2D eigenvalue weighted by atomic mass is 9.87. The molecule has 1 heterocycles. The molecule has 1 atom stereocenters. The van der Waals surface area contributed by atoms with Crippen LogP contribution >= 0.6 is 0 Å². The van der Waals surface area contributed by atoms with Gasteiger partial charge in [0.05, 0.1) is 7.11 Å². The van der Waals surface area contributed by atoms with Gasteiger partial charge in [0.15, 0.2) is 0 Å². The number of nitrogens with one attached hydrogen (secondary N) is 2. The van der Waals surface area contributed by atoms with E-state index in [9.17, 15) is 19.2 Å². The molecule has 1 aliphatic heterocycles. The number of carbonyl (C=O) groups excluding carboxylic acids is 4. The Morgan fingerprint density at radius 2 is 1.62 bits per heavy atom. The summed E-state index contributed by atoms with van der Waals surface area (Å²) >= 11 is 0. The minimum atomic E-state index is -1.24. The predicted octanol–water partition coefficient (Wildman–Crippen LogP) is 2.97. The molecule has 9 heteroatoms. The first-order valence-electron chi connectivity index (χ1n) is 11.3. The molecule has 2 N–H and O–H groups in total. The van der Waals surface area contributed by atoms with Crippen molar-refractivity contribution in [1.82, 2.24) is 15.1 Å². The summed E-state index contributed by atoms with van der Waals surface area (Å²) in [7, 11) is 1.55. The number of amides is 5. The summed E-state index contributed by atoms with van der Waals surface area (Å²) in [5, 5.41) is 5.44. The Bertz CT molecular complexity index is 1060. The summed E-state index contributed by atoms with van der Waals surface area (Å²) in [5.41, 5.74) is 0.356. The number of imide groups is 1.